The quantitative estimate of drug-likeness (QED) is 0.364. The van der Waals surface area contributed by atoms with Gasteiger partial charge in [-0.2, -0.15) is 8.75 Å². The van der Waals surface area contributed by atoms with Gasteiger partial charge in [0.05, 0.1) is 22.8 Å². The Balaban J connectivity index is 1.11. The second-order valence-electron chi connectivity index (χ2n) is 9.33. The van der Waals surface area contributed by atoms with Gasteiger partial charge in [-0.3, -0.25) is 4.79 Å². The maximum Gasteiger partial charge on any atom is 0.255 e. The Morgan fingerprint density at radius 2 is 1.72 bits per heavy atom. The van der Waals surface area contributed by atoms with Gasteiger partial charge in [0.15, 0.2) is 0 Å². The van der Waals surface area contributed by atoms with E-state index in [9.17, 15) is 4.79 Å². The number of rotatable bonds is 6. The largest absolute Gasteiger partial charge is 0.338 e. The summed E-state index contributed by atoms with van der Waals surface area (Å²) in [4.78, 5) is 25.8. The Bertz CT molecular complexity index is 1520. The SMILES string of the molecule is CN1CCN(CCc2ccc(NC(=O)c3ccc4nc(-c5ccc6nsnc6c5)[nH]c4c3)cc2)CC1. The Kier molecular flexibility index (Phi) is 6.18. The zero-order valence-electron chi connectivity index (χ0n) is 20.1. The average molecular weight is 498 g/mol. The predicted octanol–water partition coefficient (Wildman–Crippen LogP) is 4.28. The van der Waals surface area contributed by atoms with Gasteiger partial charge in [-0.15, -0.1) is 0 Å². The van der Waals surface area contributed by atoms with E-state index in [1.54, 1.807) is 6.07 Å². The van der Waals surface area contributed by atoms with Crippen LogP contribution in [0.5, 0.6) is 0 Å². The summed E-state index contributed by atoms with van der Waals surface area (Å²) in [7, 11) is 2.18. The van der Waals surface area contributed by atoms with E-state index in [2.05, 4.69) is 53.0 Å². The van der Waals surface area contributed by atoms with Crippen LogP contribution in [0.15, 0.2) is 60.7 Å². The van der Waals surface area contributed by atoms with Crippen LogP contribution >= 0.6 is 11.7 Å². The molecule has 3 heterocycles. The highest BCUT2D eigenvalue weighted by molar-refractivity contribution is 7.00. The first kappa shape index (κ1) is 22.8. The fourth-order valence-electron chi connectivity index (χ4n) is 4.53. The van der Waals surface area contributed by atoms with Crippen molar-refractivity contribution in [1.29, 1.82) is 0 Å². The molecule has 3 aromatic carbocycles. The number of H-pyrrole nitrogens is 1. The number of amides is 1. The molecule has 0 unspecified atom stereocenters. The van der Waals surface area contributed by atoms with E-state index in [-0.39, 0.29) is 5.91 Å². The summed E-state index contributed by atoms with van der Waals surface area (Å²) >= 11 is 1.20. The first-order valence-corrected chi connectivity index (χ1v) is 12.9. The van der Waals surface area contributed by atoms with Crippen LogP contribution in [0.25, 0.3) is 33.5 Å². The van der Waals surface area contributed by atoms with Crippen molar-refractivity contribution in [2.75, 3.05) is 45.1 Å². The summed E-state index contributed by atoms with van der Waals surface area (Å²) in [6.45, 7) is 5.60. The van der Waals surface area contributed by atoms with Crippen molar-refractivity contribution in [3.05, 3.63) is 71.8 Å². The molecule has 1 amide bonds. The van der Waals surface area contributed by atoms with E-state index in [1.165, 1.54) is 17.3 Å². The van der Waals surface area contributed by atoms with Crippen LogP contribution < -0.4 is 5.32 Å². The summed E-state index contributed by atoms with van der Waals surface area (Å²) in [6, 6.07) is 19.6. The number of nitrogens with zero attached hydrogens (tertiary/aromatic N) is 5. The first-order chi connectivity index (χ1) is 17.6. The van der Waals surface area contributed by atoms with E-state index >= 15 is 0 Å². The standard InChI is InChI=1S/C27H27N7OS/c1-33-12-14-34(15-13-33)11-10-18-2-6-21(7-3-18)28-27(35)20-5-8-22-24(17-20)30-26(29-22)19-4-9-23-25(16-19)32-36-31-23/h2-9,16-17H,10-15H2,1H3,(H,28,35)(H,29,30). The van der Waals surface area contributed by atoms with Gasteiger partial charge in [0.25, 0.3) is 5.91 Å². The molecule has 1 aliphatic heterocycles. The summed E-state index contributed by atoms with van der Waals surface area (Å²) in [5.41, 5.74) is 6.94. The molecule has 0 aliphatic carbocycles. The van der Waals surface area contributed by atoms with Crippen molar-refractivity contribution >= 4 is 45.4 Å². The Morgan fingerprint density at radius 1 is 0.944 bits per heavy atom. The zero-order chi connectivity index (χ0) is 24.5. The highest BCUT2D eigenvalue weighted by Gasteiger charge is 2.14. The average Bonchev–Trinajstić information content (AvgIpc) is 3.55. The Morgan fingerprint density at radius 3 is 2.56 bits per heavy atom. The minimum atomic E-state index is -0.145. The molecule has 182 valence electrons. The molecule has 36 heavy (non-hydrogen) atoms. The fourth-order valence-corrected chi connectivity index (χ4v) is 5.05. The topological polar surface area (TPSA) is 90.0 Å². The lowest BCUT2D eigenvalue weighted by atomic mass is 10.1. The number of aromatic amines is 1. The summed E-state index contributed by atoms with van der Waals surface area (Å²) in [6.07, 6.45) is 1.02. The second-order valence-corrected chi connectivity index (χ2v) is 9.86. The number of likely N-dealkylation sites (N-methyl/N-ethyl adjacent to an activating group) is 1. The van der Waals surface area contributed by atoms with Crippen LogP contribution in [0.1, 0.15) is 15.9 Å². The van der Waals surface area contributed by atoms with Crippen molar-refractivity contribution in [2.24, 2.45) is 0 Å². The fraction of sp³-hybridized carbons (Fsp3) is 0.259. The van der Waals surface area contributed by atoms with Crippen molar-refractivity contribution in [3.8, 4) is 11.4 Å². The smallest absolute Gasteiger partial charge is 0.255 e. The lowest BCUT2D eigenvalue weighted by Gasteiger charge is -2.32. The van der Waals surface area contributed by atoms with Crippen LogP contribution in [0, 0.1) is 0 Å². The van der Waals surface area contributed by atoms with Crippen LogP contribution in [-0.4, -0.2) is 74.2 Å². The van der Waals surface area contributed by atoms with E-state index in [0.717, 1.165) is 78.3 Å². The number of imidazole rings is 1. The lowest BCUT2D eigenvalue weighted by Crippen LogP contribution is -2.45. The Hall–Kier alpha value is -3.66. The number of anilines is 1. The van der Waals surface area contributed by atoms with Gasteiger partial charge in [-0.1, -0.05) is 12.1 Å². The number of piperazine rings is 1. The minimum absolute atomic E-state index is 0.145. The molecule has 1 aliphatic rings. The maximum absolute atomic E-state index is 12.9. The van der Waals surface area contributed by atoms with E-state index in [4.69, 9.17) is 0 Å². The number of hydrogen-bond donors (Lipinski definition) is 2. The highest BCUT2D eigenvalue weighted by Crippen LogP contribution is 2.25. The molecule has 6 rings (SSSR count). The van der Waals surface area contributed by atoms with Crippen LogP contribution in [0.2, 0.25) is 0 Å². The molecule has 0 radical (unpaired) electrons. The lowest BCUT2D eigenvalue weighted by molar-refractivity contribution is 0.102. The molecule has 1 fully saturated rings. The number of hydrogen-bond acceptors (Lipinski definition) is 7. The van der Waals surface area contributed by atoms with Gasteiger partial charge in [-0.25, -0.2) is 4.98 Å². The number of aromatic nitrogens is 4. The molecule has 0 atom stereocenters. The third-order valence-electron chi connectivity index (χ3n) is 6.80. The molecule has 5 aromatic rings. The summed E-state index contributed by atoms with van der Waals surface area (Å²) in [5.74, 6) is 0.595. The normalized spacial score (nSPS) is 15.0. The second kappa shape index (κ2) is 9.77. The maximum atomic E-state index is 12.9. The molecular formula is C27H27N7OS. The molecule has 9 heteroatoms. The number of fused-ring (bicyclic) bond motifs is 2. The minimum Gasteiger partial charge on any atom is -0.338 e. The van der Waals surface area contributed by atoms with Gasteiger partial charge in [0.1, 0.15) is 16.9 Å². The van der Waals surface area contributed by atoms with Gasteiger partial charge < -0.3 is 20.1 Å². The molecule has 8 nitrogen and oxygen atoms in total. The first-order valence-electron chi connectivity index (χ1n) is 12.1. The molecule has 0 bridgehead atoms. The third-order valence-corrected chi connectivity index (χ3v) is 7.35. The number of benzene rings is 3. The predicted molar refractivity (Wildman–Crippen MR) is 145 cm³/mol. The molecule has 0 spiro atoms. The number of carbonyl (C=O) groups excluding carboxylic acids is 1. The van der Waals surface area contributed by atoms with Gasteiger partial charge in [0, 0.05) is 49.5 Å². The van der Waals surface area contributed by atoms with Gasteiger partial charge >= 0.3 is 0 Å². The third kappa shape index (κ3) is 4.86. The zero-order valence-corrected chi connectivity index (χ0v) is 20.9. The van der Waals surface area contributed by atoms with E-state index < -0.39 is 0 Å². The van der Waals surface area contributed by atoms with E-state index in [0.29, 0.717) is 5.56 Å². The van der Waals surface area contributed by atoms with Gasteiger partial charge in [-0.05, 0) is 67.6 Å². The van der Waals surface area contributed by atoms with Crippen molar-refractivity contribution in [1.82, 2.24) is 28.5 Å². The number of nitrogens with one attached hydrogen (secondary N) is 2. The number of carbonyl (C=O) groups is 1. The Labute approximate surface area is 213 Å². The van der Waals surface area contributed by atoms with Crippen LogP contribution in [0.4, 0.5) is 5.69 Å². The summed E-state index contributed by atoms with van der Waals surface area (Å²) in [5, 5.41) is 3.01. The van der Waals surface area contributed by atoms with Gasteiger partial charge in [0.2, 0.25) is 0 Å². The van der Waals surface area contributed by atoms with Crippen LogP contribution in [-0.2, 0) is 6.42 Å². The van der Waals surface area contributed by atoms with Crippen molar-refractivity contribution < 1.29 is 4.79 Å². The van der Waals surface area contributed by atoms with Crippen LogP contribution in [0.3, 0.4) is 0 Å². The highest BCUT2D eigenvalue weighted by atomic mass is 32.1. The molecule has 0 saturated carbocycles. The monoisotopic (exact) mass is 497 g/mol. The molecule has 2 aromatic heterocycles. The van der Waals surface area contributed by atoms with E-state index in [1.807, 2.05) is 42.5 Å². The molecule has 1 saturated heterocycles. The molecular weight excluding hydrogens is 470 g/mol. The summed E-state index contributed by atoms with van der Waals surface area (Å²) < 4.78 is 8.56. The van der Waals surface area contributed by atoms with Crippen molar-refractivity contribution in [2.45, 2.75) is 6.42 Å². The molecule has 2 N–H and O–H groups in total. The van der Waals surface area contributed by atoms with Crippen molar-refractivity contribution in [3.63, 3.8) is 0 Å².